The van der Waals surface area contributed by atoms with E-state index in [1.54, 1.807) is 6.92 Å². The van der Waals surface area contributed by atoms with Gasteiger partial charge in [0.2, 0.25) is 0 Å². The highest BCUT2D eigenvalue weighted by atomic mass is 16.5. The van der Waals surface area contributed by atoms with Gasteiger partial charge in [-0.15, -0.1) is 0 Å². The van der Waals surface area contributed by atoms with Gasteiger partial charge in [0.05, 0.1) is 13.0 Å². The monoisotopic (exact) mass is 354 g/mol. The molecule has 0 aliphatic carbocycles. The van der Waals surface area contributed by atoms with E-state index < -0.39 is 0 Å². The Kier molecular flexibility index (Phi) is 5.58. The Balaban J connectivity index is 1.77. The Morgan fingerprint density at radius 3 is 2.77 bits per heavy atom. The number of para-hydroxylation sites is 1. The molecule has 1 heterocycles. The summed E-state index contributed by atoms with van der Waals surface area (Å²) in [5.41, 5.74) is 3.56. The second kappa shape index (κ2) is 8.06. The van der Waals surface area contributed by atoms with Crippen molar-refractivity contribution in [3.63, 3.8) is 0 Å². The second-order valence-corrected chi connectivity index (χ2v) is 6.08. The van der Waals surface area contributed by atoms with Crippen LogP contribution in [0.15, 0.2) is 46.9 Å². The first-order valence-electron chi connectivity index (χ1n) is 8.59. The molecular formula is C21H22O5. The van der Waals surface area contributed by atoms with E-state index in [1.807, 2.05) is 49.4 Å². The zero-order valence-electron chi connectivity index (χ0n) is 15.0. The van der Waals surface area contributed by atoms with E-state index in [1.165, 1.54) is 0 Å². The Hall–Kier alpha value is -2.79. The lowest BCUT2D eigenvalue weighted by molar-refractivity contribution is -0.142. The molecule has 0 saturated heterocycles. The summed E-state index contributed by atoms with van der Waals surface area (Å²) in [6, 6.07) is 13.3. The van der Waals surface area contributed by atoms with Gasteiger partial charge in [-0.05, 0) is 49.2 Å². The van der Waals surface area contributed by atoms with Crippen molar-refractivity contribution in [1.82, 2.24) is 0 Å². The average molecular weight is 354 g/mol. The van der Waals surface area contributed by atoms with Crippen molar-refractivity contribution in [3.8, 4) is 5.75 Å². The van der Waals surface area contributed by atoms with Crippen molar-refractivity contribution in [2.24, 2.45) is 0 Å². The summed E-state index contributed by atoms with van der Waals surface area (Å²) >= 11 is 0. The summed E-state index contributed by atoms with van der Waals surface area (Å²) < 4.78 is 16.6. The first-order chi connectivity index (χ1) is 12.6. The molecule has 26 heavy (non-hydrogen) atoms. The zero-order chi connectivity index (χ0) is 18.5. The van der Waals surface area contributed by atoms with Crippen LogP contribution in [0.5, 0.6) is 5.75 Å². The molecule has 3 aromatic rings. The number of aliphatic hydroxyl groups is 1. The summed E-state index contributed by atoms with van der Waals surface area (Å²) in [5, 5.41) is 10.2. The van der Waals surface area contributed by atoms with Crippen molar-refractivity contribution in [3.05, 3.63) is 64.9 Å². The largest absolute Gasteiger partial charge is 0.489 e. The number of hydrogen-bond donors (Lipinski definition) is 1. The van der Waals surface area contributed by atoms with E-state index in [0.717, 1.165) is 27.7 Å². The standard InChI is InChI=1S/C21H22O5/c1-3-24-20(23)11-16-6-4-5-7-19(16)25-13-15-8-14(2)21-17(9-15)10-18(12-22)26-21/h4-10,22H,3,11-13H2,1-2H3. The Bertz CT molecular complexity index is 910. The lowest BCUT2D eigenvalue weighted by Crippen LogP contribution is -2.09. The lowest BCUT2D eigenvalue weighted by atomic mass is 10.1. The minimum Gasteiger partial charge on any atom is -0.489 e. The second-order valence-electron chi connectivity index (χ2n) is 6.08. The first kappa shape index (κ1) is 18.0. The molecule has 0 spiro atoms. The number of carbonyl (C=O) groups is 1. The third-order valence-corrected chi connectivity index (χ3v) is 4.08. The molecule has 136 valence electrons. The molecule has 0 atom stereocenters. The van der Waals surface area contributed by atoms with Gasteiger partial charge in [-0.3, -0.25) is 4.79 Å². The zero-order valence-corrected chi connectivity index (χ0v) is 15.0. The maximum absolute atomic E-state index is 11.8. The number of aryl methyl sites for hydroxylation is 1. The third-order valence-electron chi connectivity index (χ3n) is 4.08. The van der Waals surface area contributed by atoms with E-state index in [2.05, 4.69) is 0 Å². The number of benzene rings is 2. The Labute approximate surface area is 152 Å². The summed E-state index contributed by atoms with van der Waals surface area (Å²) in [5.74, 6) is 0.943. The van der Waals surface area contributed by atoms with Crippen LogP contribution in [0.3, 0.4) is 0 Å². The summed E-state index contributed by atoms with van der Waals surface area (Å²) in [4.78, 5) is 11.8. The molecule has 0 saturated carbocycles. The van der Waals surface area contributed by atoms with Gasteiger partial charge in [-0.25, -0.2) is 0 Å². The SMILES string of the molecule is CCOC(=O)Cc1ccccc1OCc1cc(C)c2oc(CO)cc2c1. The fourth-order valence-corrected chi connectivity index (χ4v) is 2.94. The third kappa shape index (κ3) is 4.06. The van der Waals surface area contributed by atoms with Crippen LogP contribution >= 0.6 is 0 Å². The van der Waals surface area contributed by atoms with E-state index in [-0.39, 0.29) is 19.0 Å². The predicted molar refractivity (Wildman–Crippen MR) is 98.0 cm³/mol. The highest BCUT2D eigenvalue weighted by Crippen LogP contribution is 2.26. The fourth-order valence-electron chi connectivity index (χ4n) is 2.94. The van der Waals surface area contributed by atoms with Crippen LogP contribution in [0.25, 0.3) is 11.0 Å². The minimum atomic E-state index is -0.268. The fraction of sp³-hybridized carbons (Fsp3) is 0.286. The summed E-state index contributed by atoms with van der Waals surface area (Å²) in [6.45, 7) is 4.36. The van der Waals surface area contributed by atoms with Gasteiger partial charge in [0.25, 0.3) is 0 Å². The molecule has 5 heteroatoms. The number of fused-ring (bicyclic) bond motifs is 1. The van der Waals surface area contributed by atoms with Crippen LogP contribution in [0.4, 0.5) is 0 Å². The summed E-state index contributed by atoms with van der Waals surface area (Å²) in [7, 11) is 0. The van der Waals surface area contributed by atoms with Gasteiger partial charge in [-0.2, -0.15) is 0 Å². The lowest BCUT2D eigenvalue weighted by Gasteiger charge is -2.12. The van der Waals surface area contributed by atoms with Crippen LogP contribution in [-0.4, -0.2) is 17.7 Å². The quantitative estimate of drug-likeness (QED) is 0.651. The van der Waals surface area contributed by atoms with Gasteiger partial charge in [0.15, 0.2) is 0 Å². The average Bonchev–Trinajstić information content (AvgIpc) is 3.05. The normalized spacial score (nSPS) is 10.9. The smallest absolute Gasteiger partial charge is 0.310 e. The van der Waals surface area contributed by atoms with Crippen LogP contribution in [0.1, 0.15) is 29.4 Å². The van der Waals surface area contributed by atoms with E-state index in [4.69, 9.17) is 13.9 Å². The molecule has 3 rings (SSSR count). The van der Waals surface area contributed by atoms with Crippen LogP contribution in [-0.2, 0) is 29.2 Å². The maximum Gasteiger partial charge on any atom is 0.310 e. The number of aliphatic hydroxyl groups excluding tert-OH is 1. The van der Waals surface area contributed by atoms with E-state index in [0.29, 0.717) is 24.7 Å². The molecule has 1 aromatic heterocycles. The Morgan fingerprint density at radius 2 is 2.00 bits per heavy atom. The topological polar surface area (TPSA) is 68.9 Å². The molecule has 0 radical (unpaired) electrons. The molecule has 2 aromatic carbocycles. The highest BCUT2D eigenvalue weighted by Gasteiger charge is 2.11. The van der Waals surface area contributed by atoms with Crippen LogP contribution in [0, 0.1) is 6.92 Å². The number of furan rings is 1. The molecule has 0 aliphatic heterocycles. The number of esters is 1. The molecule has 0 unspecified atom stereocenters. The van der Waals surface area contributed by atoms with Gasteiger partial charge in [0, 0.05) is 10.9 Å². The highest BCUT2D eigenvalue weighted by molar-refractivity contribution is 5.81. The van der Waals surface area contributed by atoms with Crippen molar-refractivity contribution in [2.45, 2.75) is 33.5 Å². The summed E-state index contributed by atoms with van der Waals surface area (Å²) in [6.07, 6.45) is 0.184. The number of rotatable bonds is 7. The van der Waals surface area contributed by atoms with Crippen molar-refractivity contribution < 1.29 is 23.8 Å². The molecule has 0 fully saturated rings. The van der Waals surface area contributed by atoms with E-state index in [9.17, 15) is 9.90 Å². The Morgan fingerprint density at radius 1 is 1.19 bits per heavy atom. The minimum absolute atomic E-state index is 0.124. The van der Waals surface area contributed by atoms with Crippen molar-refractivity contribution >= 4 is 16.9 Å². The first-order valence-corrected chi connectivity index (χ1v) is 8.59. The van der Waals surface area contributed by atoms with Gasteiger partial charge in [-0.1, -0.05) is 18.2 Å². The van der Waals surface area contributed by atoms with E-state index >= 15 is 0 Å². The van der Waals surface area contributed by atoms with Gasteiger partial charge in [0.1, 0.15) is 30.3 Å². The molecular weight excluding hydrogens is 332 g/mol. The van der Waals surface area contributed by atoms with Gasteiger partial charge < -0.3 is 19.0 Å². The van der Waals surface area contributed by atoms with Crippen LogP contribution < -0.4 is 4.74 Å². The number of ether oxygens (including phenoxy) is 2. The molecule has 5 nitrogen and oxygen atoms in total. The van der Waals surface area contributed by atoms with Crippen molar-refractivity contribution in [1.29, 1.82) is 0 Å². The molecule has 0 aliphatic rings. The molecule has 0 bridgehead atoms. The van der Waals surface area contributed by atoms with Gasteiger partial charge >= 0.3 is 5.97 Å². The van der Waals surface area contributed by atoms with Crippen molar-refractivity contribution in [2.75, 3.05) is 6.61 Å². The maximum atomic E-state index is 11.8. The predicted octanol–water partition coefficient (Wildman–Crippen LogP) is 3.92. The number of carbonyl (C=O) groups excluding carboxylic acids is 1. The molecule has 0 amide bonds. The van der Waals surface area contributed by atoms with Crippen LogP contribution in [0.2, 0.25) is 0 Å². The number of hydrogen-bond acceptors (Lipinski definition) is 5. The molecule has 1 N–H and O–H groups in total.